The van der Waals surface area contributed by atoms with Crippen LogP contribution in [0.15, 0.2) is 40.6 Å². The Hall–Kier alpha value is -2.23. The zero-order valence-corrected chi connectivity index (χ0v) is 16.1. The third kappa shape index (κ3) is 5.13. The average molecular weight is 396 g/mol. The van der Waals surface area contributed by atoms with Gasteiger partial charge in [-0.2, -0.15) is 0 Å². The fourth-order valence-electron chi connectivity index (χ4n) is 2.10. The summed E-state index contributed by atoms with van der Waals surface area (Å²) in [7, 11) is -3.76. The van der Waals surface area contributed by atoms with Crippen molar-refractivity contribution in [3.63, 3.8) is 0 Å². The smallest absolute Gasteiger partial charge is 0.340 e. The maximum absolute atomic E-state index is 12.2. The van der Waals surface area contributed by atoms with Crippen molar-refractivity contribution in [1.29, 1.82) is 0 Å². The number of aryl methyl sites for hydroxylation is 1. The Morgan fingerprint density at radius 1 is 1.12 bits per heavy atom. The SMILES string of the molecule is CCOC(=O)c1ccccc1NC(=O)CNS(=O)(=O)c1ccc(CC)s1. The van der Waals surface area contributed by atoms with Gasteiger partial charge in [-0.3, -0.25) is 4.79 Å². The molecule has 1 amide bonds. The maximum Gasteiger partial charge on any atom is 0.340 e. The van der Waals surface area contributed by atoms with Crippen molar-refractivity contribution in [1.82, 2.24) is 4.72 Å². The fourth-order valence-corrected chi connectivity index (χ4v) is 4.42. The lowest BCUT2D eigenvalue weighted by Gasteiger charge is -2.10. The predicted molar refractivity (Wildman–Crippen MR) is 99.9 cm³/mol. The van der Waals surface area contributed by atoms with Crippen LogP contribution in [0.25, 0.3) is 0 Å². The number of para-hydroxylation sites is 1. The minimum Gasteiger partial charge on any atom is -0.462 e. The van der Waals surface area contributed by atoms with Crippen LogP contribution in [0, 0.1) is 0 Å². The van der Waals surface area contributed by atoms with E-state index in [9.17, 15) is 18.0 Å². The monoisotopic (exact) mass is 396 g/mol. The number of nitrogens with one attached hydrogen (secondary N) is 2. The minimum absolute atomic E-state index is 0.161. The highest BCUT2D eigenvalue weighted by Gasteiger charge is 2.19. The largest absolute Gasteiger partial charge is 0.462 e. The molecule has 0 spiro atoms. The summed E-state index contributed by atoms with van der Waals surface area (Å²) in [6.45, 7) is 3.38. The predicted octanol–water partition coefficient (Wildman–Crippen LogP) is 2.40. The quantitative estimate of drug-likeness (QED) is 0.667. The molecule has 2 rings (SSSR count). The average Bonchev–Trinajstić information content (AvgIpc) is 3.11. The number of esters is 1. The maximum atomic E-state index is 12.2. The molecule has 1 heterocycles. The van der Waals surface area contributed by atoms with Crippen LogP contribution >= 0.6 is 11.3 Å². The van der Waals surface area contributed by atoms with Crippen LogP contribution in [0.1, 0.15) is 29.1 Å². The molecule has 26 heavy (non-hydrogen) atoms. The van der Waals surface area contributed by atoms with E-state index in [1.165, 1.54) is 12.1 Å². The van der Waals surface area contributed by atoms with Crippen LogP contribution in [0.4, 0.5) is 5.69 Å². The minimum atomic E-state index is -3.76. The summed E-state index contributed by atoms with van der Waals surface area (Å²) < 4.78 is 31.8. The number of anilines is 1. The molecule has 0 unspecified atom stereocenters. The topological polar surface area (TPSA) is 102 Å². The van der Waals surface area contributed by atoms with Crippen LogP contribution in [-0.4, -0.2) is 33.4 Å². The molecule has 2 N–H and O–H groups in total. The molecule has 0 aliphatic rings. The number of rotatable bonds is 8. The van der Waals surface area contributed by atoms with E-state index >= 15 is 0 Å². The van der Waals surface area contributed by atoms with Crippen LogP contribution in [0.5, 0.6) is 0 Å². The van der Waals surface area contributed by atoms with Crippen molar-refractivity contribution in [2.45, 2.75) is 24.5 Å². The number of benzene rings is 1. The Balaban J connectivity index is 2.02. The zero-order chi connectivity index (χ0) is 19.2. The molecule has 140 valence electrons. The number of carbonyl (C=O) groups excluding carboxylic acids is 2. The lowest BCUT2D eigenvalue weighted by atomic mass is 10.2. The summed E-state index contributed by atoms with van der Waals surface area (Å²) in [5, 5.41) is 2.53. The highest BCUT2D eigenvalue weighted by atomic mass is 32.2. The van der Waals surface area contributed by atoms with Crippen molar-refractivity contribution in [2.24, 2.45) is 0 Å². The number of ether oxygens (including phenoxy) is 1. The van der Waals surface area contributed by atoms with Crippen LogP contribution < -0.4 is 10.0 Å². The highest BCUT2D eigenvalue weighted by Crippen LogP contribution is 2.21. The van der Waals surface area contributed by atoms with Gasteiger partial charge in [-0.1, -0.05) is 19.1 Å². The van der Waals surface area contributed by atoms with Crippen LogP contribution in [0.3, 0.4) is 0 Å². The number of sulfonamides is 1. The van der Waals surface area contributed by atoms with Gasteiger partial charge in [0.15, 0.2) is 0 Å². The molecular formula is C17H20N2O5S2. The zero-order valence-electron chi connectivity index (χ0n) is 14.4. The first-order valence-corrected chi connectivity index (χ1v) is 10.3. The summed E-state index contributed by atoms with van der Waals surface area (Å²) >= 11 is 1.16. The Morgan fingerprint density at radius 2 is 1.85 bits per heavy atom. The Kier molecular flexibility index (Phi) is 6.90. The van der Waals surface area contributed by atoms with E-state index in [0.717, 1.165) is 22.6 Å². The first-order chi connectivity index (χ1) is 12.4. The number of carbonyl (C=O) groups is 2. The summed E-state index contributed by atoms with van der Waals surface area (Å²) in [6.07, 6.45) is 0.741. The Morgan fingerprint density at radius 3 is 2.50 bits per heavy atom. The standard InChI is InChI=1S/C17H20N2O5S2/c1-3-12-9-10-16(25-12)26(22,23)18-11-15(20)19-14-8-6-5-7-13(14)17(21)24-4-2/h5-10,18H,3-4,11H2,1-2H3,(H,19,20). The van der Waals surface area contributed by atoms with E-state index in [4.69, 9.17) is 4.74 Å². The summed E-state index contributed by atoms with van der Waals surface area (Å²) in [5.41, 5.74) is 0.468. The van der Waals surface area contributed by atoms with Gasteiger partial charge in [0, 0.05) is 4.88 Å². The first kappa shape index (κ1) is 20.1. The van der Waals surface area contributed by atoms with Crippen molar-refractivity contribution >= 4 is 38.9 Å². The summed E-state index contributed by atoms with van der Waals surface area (Å²) in [4.78, 5) is 24.9. The van der Waals surface area contributed by atoms with E-state index in [2.05, 4.69) is 10.0 Å². The molecule has 0 atom stereocenters. The molecule has 9 heteroatoms. The van der Waals surface area contributed by atoms with Crippen molar-refractivity contribution in [3.05, 3.63) is 46.8 Å². The molecule has 0 radical (unpaired) electrons. The van der Waals surface area contributed by atoms with E-state index in [1.54, 1.807) is 31.2 Å². The second kappa shape index (κ2) is 8.93. The molecule has 0 saturated heterocycles. The van der Waals surface area contributed by atoms with Crippen LogP contribution in [0.2, 0.25) is 0 Å². The van der Waals surface area contributed by atoms with Gasteiger partial charge in [-0.05, 0) is 37.6 Å². The highest BCUT2D eigenvalue weighted by molar-refractivity contribution is 7.91. The lowest BCUT2D eigenvalue weighted by Crippen LogP contribution is -2.32. The lowest BCUT2D eigenvalue weighted by molar-refractivity contribution is -0.115. The second-order valence-corrected chi connectivity index (χ2v) is 8.38. The molecule has 1 aromatic carbocycles. The summed E-state index contributed by atoms with van der Waals surface area (Å²) in [6, 6.07) is 9.63. The normalized spacial score (nSPS) is 11.2. The van der Waals surface area contributed by atoms with Gasteiger partial charge in [0.1, 0.15) is 4.21 Å². The second-order valence-electron chi connectivity index (χ2n) is 5.21. The van der Waals surface area contributed by atoms with Gasteiger partial charge < -0.3 is 10.1 Å². The third-order valence-corrected chi connectivity index (χ3v) is 6.49. The molecular weight excluding hydrogens is 376 g/mol. The number of amides is 1. The van der Waals surface area contributed by atoms with Gasteiger partial charge in [-0.15, -0.1) is 11.3 Å². The molecule has 0 aliphatic heterocycles. The van der Waals surface area contributed by atoms with Crippen molar-refractivity contribution < 1.29 is 22.7 Å². The molecule has 0 bridgehead atoms. The molecule has 1 aromatic heterocycles. The van der Waals surface area contributed by atoms with Crippen molar-refractivity contribution in [3.8, 4) is 0 Å². The van der Waals surface area contributed by atoms with Gasteiger partial charge >= 0.3 is 5.97 Å². The van der Waals surface area contributed by atoms with Gasteiger partial charge in [0.25, 0.3) is 10.0 Å². The van der Waals surface area contributed by atoms with Gasteiger partial charge in [0.05, 0.1) is 24.4 Å². The number of hydrogen-bond donors (Lipinski definition) is 2. The van der Waals surface area contributed by atoms with Gasteiger partial charge in [0.2, 0.25) is 5.91 Å². The van der Waals surface area contributed by atoms with E-state index in [1.807, 2.05) is 6.92 Å². The van der Waals surface area contributed by atoms with E-state index < -0.39 is 28.4 Å². The first-order valence-electron chi connectivity index (χ1n) is 8.01. The van der Waals surface area contributed by atoms with E-state index in [-0.39, 0.29) is 22.1 Å². The molecule has 0 aliphatic carbocycles. The summed E-state index contributed by atoms with van der Waals surface area (Å²) in [5.74, 6) is -1.15. The Bertz CT molecular complexity index is 890. The number of thiophene rings is 1. The molecule has 7 nitrogen and oxygen atoms in total. The molecule has 2 aromatic rings. The molecule has 0 fully saturated rings. The fraction of sp³-hybridized carbons (Fsp3) is 0.294. The van der Waals surface area contributed by atoms with Gasteiger partial charge in [-0.25, -0.2) is 17.9 Å². The Labute approximate surface area is 156 Å². The number of hydrogen-bond acceptors (Lipinski definition) is 6. The van der Waals surface area contributed by atoms with E-state index in [0.29, 0.717) is 0 Å². The molecule has 0 saturated carbocycles. The third-order valence-electron chi connectivity index (χ3n) is 3.37. The van der Waals surface area contributed by atoms with Crippen LogP contribution in [-0.2, 0) is 26.0 Å². The van der Waals surface area contributed by atoms with Crippen molar-refractivity contribution in [2.75, 3.05) is 18.5 Å².